The molecular formula is C6H6FN2O2. The molecule has 5 heteroatoms. The van der Waals surface area contributed by atoms with Gasteiger partial charge in [0.2, 0.25) is 0 Å². The van der Waals surface area contributed by atoms with Crippen LogP contribution in [0.3, 0.4) is 0 Å². The summed E-state index contributed by atoms with van der Waals surface area (Å²) in [5, 5.41) is 3.08. The molecule has 0 aromatic rings. The number of rotatable bonds is 2. The molecule has 0 fully saturated rings. The van der Waals surface area contributed by atoms with Crippen LogP contribution in [0.5, 0.6) is 0 Å². The zero-order valence-electron chi connectivity index (χ0n) is 5.66. The van der Waals surface area contributed by atoms with E-state index in [0.29, 0.717) is 0 Å². The number of carbonyl (C=O) groups excluding carboxylic acids is 2. The second kappa shape index (κ2) is 3.14. The van der Waals surface area contributed by atoms with Crippen molar-refractivity contribution in [2.75, 3.05) is 13.2 Å². The molecule has 0 saturated carbocycles. The van der Waals surface area contributed by atoms with Gasteiger partial charge < -0.3 is 0 Å². The van der Waals surface area contributed by atoms with E-state index in [1.54, 1.807) is 0 Å². The molecule has 0 unspecified atom stereocenters. The lowest BCUT2D eigenvalue weighted by molar-refractivity contribution is -0.116. The van der Waals surface area contributed by atoms with Gasteiger partial charge in [0.1, 0.15) is 6.67 Å². The van der Waals surface area contributed by atoms with E-state index < -0.39 is 18.6 Å². The van der Waals surface area contributed by atoms with Crippen molar-refractivity contribution < 1.29 is 14.0 Å². The van der Waals surface area contributed by atoms with Gasteiger partial charge in [0.15, 0.2) is 0 Å². The molecule has 0 aromatic heterocycles. The molecule has 0 N–H and O–H groups in total. The van der Waals surface area contributed by atoms with E-state index in [9.17, 15) is 14.0 Å². The van der Waals surface area contributed by atoms with Crippen molar-refractivity contribution in [1.82, 2.24) is 10.2 Å². The number of hydrogen-bond acceptors (Lipinski definition) is 2. The monoisotopic (exact) mass is 157 g/mol. The number of hydrogen-bond donors (Lipinski definition) is 0. The number of urea groups is 1. The molecule has 1 aliphatic rings. The van der Waals surface area contributed by atoms with E-state index >= 15 is 0 Å². The summed E-state index contributed by atoms with van der Waals surface area (Å²) in [5.74, 6) is -0.592. The van der Waals surface area contributed by atoms with Crippen molar-refractivity contribution in [2.45, 2.75) is 0 Å². The SMILES string of the molecule is O=C1C=CN(CCF)C(=O)[N]1. The fourth-order valence-corrected chi connectivity index (χ4v) is 0.674. The highest BCUT2D eigenvalue weighted by Crippen LogP contribution is 1.98. The Morgan fingerprint density at radius 2 is 2.27 bits per heavy atom. The van der Waals surface area contributed by atoms with Crippen molar-refractivity contribution in [3.05, 3.63) is 12.3 Å². The maximum atomic E-state index is 11.7. The molecule has 1 rings (SSSR count). The number of carbonyl (C=O) groups is 2. The fraction of sp³-hybridized carbons (Fsp3) is 0.333. The van der Waals surface area contributed by atoms with Gasteiger partial charge >= 0.3 is 6.03 Å². The first kappa shape index (κ1) is 7.71. The molecule has 4 nitrogen and oxygen atoms in total. The van der Waals surface area contributed by atoms with Gasteiger partial charge in [0, 0.05) is 12.3 Å². The normalized spacial score (nSPS) is 17.0. The smallest absolute Gasteiger partial charge is 0.296 e. The summed E-state index contributed by atoms with van der Waals surface area (Å²) >= 11 is 0. The minimum Gasteiger partial charge on any atom is -0.296 e. The summed E-state index contributed by atoms with van der Waals surface area (Å²) in [6.07, 6.45) is 2.36. The second-order valence-corrected chi connectivity index (χ2v) is 1.93. The summed E-state index contributed by atoms with van der Waals surface area (Å²) in [4.78, 5) is 22.2. The van der Waals surface area contributed by atoms with Crippen LogP contribution in [0.2, 0.25) is 0 Å². The molecule has 1 heterocycles. The van der Waals surface area contributed by atoms with Gasteiger partial charge in [-0.2, -0.15) is 5.32 Å². The first-order valence-electron chi connectivity index (χ1n) is 3.04. The maximum Gasteiger partial charge on any atom is 0.351 e. The molecule has 0 spiro atoms. The van der Waals surface area contributed by atoms with Gasteiger partial charge in [-0.05, 0) is 0 Å². The summed E-state index contributed by atoms with van der Waals surface area (Å²) in [5.41, 5.74) is 0. The second-order valence-electron chi connectivity index (χ2n) is 1.93. The summed E-state index contributed by atoms with van der Waals surface area (Å²) in [6, 6.07) is -0.699. The van der Waals surface area contributed by atoms with Crippen molar-refractivity contribution in [3.63, 3.8) is 0 Å². The molecule has 0 aliphatic carbocycles. The van der Waals surface area contributed by atoms with Crippen LogP contribution < -0.4 is 5.32 Å². The molecule has 0 saturated heterocycles. The standard InChI is InChI=1S/C6H6FN2O2/c7-2-4-9-3-1-5(10)8-6(9)11/h1,3H,2,4H2. The molecule has 0 bridgehead atoms. The molecule has 1 radical (unpaired) electrons. The van der Waals surface area contributed by atoms with Crippen LogP contribution in [0.4, 0.5) is 9.18 Å². The lowest BCUT2D eigenvalue weighted by atomic mass is 10.4. The van der Waals surface area contributed by atoms with Crippen molar-refractivity contribution in [3.8, 4) is 0 Å². The summed E-state index contributed by atoms with van der Waals surface area (Å²) < 4.78 is 11.7. The number of halogens is 1. The first-order valence-corrected chi connectivity index (χ1v) is 3.04. The van der Waals surface area contributed by atoms with Crippen molar-refractivity contribution in [1.29, 1.82) is 0 Å². The Labute approximate surface area is 62.7 Å². The number of nitrogens with zero attached hydrogens (tertiary/aromatic N) is 2. The minimum absolute atomic E-state index is 0.0495. The van der Waals surface area contributed by atoms with Crippen LogP contribution in [0.15, 0.2) is 12.3 Å². The number of alkyl halides is 1. The van der Waals surface area contributed by atoms with Crippen molar-refractivity contribution >= 4 is 11.9 Å². The Kier molecular flexibility index (Phi) is 2.20. The van der Waals surface area contributed by atoms with E-state index in [-0.39, 0.29) is 6.54 Å². The Balaban J connectivity index is 2.61. The quantitative estimate of drug-likeness (QED) is 0.568. The zero-order valence-corrected chi connectivity index (χ0v) is 5.66. The summed E-state index contributed by atoms with van der Waals surface area (Å²) in [7, 11) is 0. The van der Waals surface area contributed by atoms with Gasteiger partial charge in [0.05, 0.1) is 6.54 Å². The van der Waals surface area contributed by atoms with E-state index in [2.05, 4.69) is 5.32 Å². The van der Waals surface area contributed by atoms with Crippen molar-refractivity contribution in [2.24, 2.45) is 0 Å². The minimum atomic E-state index is -0.699. The number of imide groups is 1. The Morgan fingerprint density at radius 3 is 2.82 bits per heavy atom. The zero-order chi connectivity index (χ0) is 8.27. The van der Waals surface area contributed by atoms with E-state index in [1.165, 1.54) is 6.20 Å². The predicted octanol–water partition coefficient (Wildman–Crippen LogP) is 0.0362. The lowest BCUT2D eigenvalue weighted by Gasteiger charge is -2.17. The Morgan fingerprint density at radius 1 is 1.55 bits per heavy atom. The molecule has 1 aliphatic heterocycles. The highest BCUT2D eigenvalue weighted by molar-refractivity contribution is 6.02. The fourth-order valence-electron chi connectivity index (χ4n) is 0.674. The highest BCUT2D eigenvalue weighted by Gasteiger charge is 2.19. The van der Waals surface area contributed by atoms with Crippen LogP contribution >= 0.6 is 0 Å². The molecular weight excluding hydrogens is 151 g/mol. The highest BCUT2D eigenvalue weighted by atomic mass is 19.1. The van der Waals surface area contributed by atoms with Crippen LogP contribution in [0.25, 0.3) is 0 Å². The van der Waals surface area contributed by atoms with Crippen LogP contribution in [0.1, 0.15) is 0 Å². The third-order valence-electron chi connectivity index (χ3n) is 1.17. The first-order chi connectivity index (χ1) is 5.24. The molecule has 11 heavy (non-hydrogen) atoms. The van der Waals surface area contributed by atoms with Gasteiger partial charge in [-0.15, -0.1) is 0 Å². The molecule has 0 aromatic carbocycles. The van der Waals surface area contributed by atoms with Gasteiger partial charge in [-0.1, -0.05) is 0 Å². The largest absolute Gasteiger partial charge is 0.351 e. The van der Waals surface area contributed by atoms with Crippen LogP contribution in [-0.4, -0.2) is 30.1 Å². The molecule has 0 atom stereocenters. The van der Waals surface area contributed by atoms with Crippen LogP contribution in [0, 0.1) is 0 Å². The Hall–Kier alpha value is -1.39. The molecule has 59 valence electrons. The topological polar surface area (TPSA) is 51.5 Å². The van der Waals surface area contributed by atoms with Gasteiger partial charge in [0.25, 0.3) is 5.91 Å². The third kappa shape index (κ3) is 1.76. The average Bonchev–Trinajstić information content (AvgIpc) is 1.95. The van der Waals surface area contributed by atoms with Gasteiger partial charge in [-0.3, -0.25) is 9.69 Å². The Bertz CT molecular complexity index is 215. The predicted molar refractivity (Wildman–Crippen MR) is 34.4 cm³/mol. The van der Waals surface area contributed by atoms with Crippen LogP contribution in [-0.2, 0) is 4.79 Å². The average molecular weight is 157 g/mol. The van der Waals surface area contributed by atoms with E-state index in [4.69, 9.17) is 0 Å². The third-order valence-corrected chi connectivity index (χ3v) is 1.17. The van der Waals surface area contributed by atoms with Gasteiger partial charge in [-0.25, -0.2) is 9.18 Å². The molecule has 3 amide bonds. The summed E-state index contributed by atoms with van der Waals surface area (Å²) in [6.45, 7) is -0.689. The van der Waals surface area contributed by atoms with E-state index in [0.717, 1.165) is 11.0 Å². The van der Waals surface area contributed by atoms with E-state index in [1.807, 2.05) is 0 Å². The maximum absolute atomic E-state index is 11.7. The number of amides is 3. The lowest BCUT2D eigenvalue weighted by Crippen LogP contribution is -2.39.